The summed E-state index contributed by atoms with van der Waals surface area (Å²) in [7, 11) is 0. The van der Waals surface area contributed by atoms with Crippen molar-refractivity contribution in [2.45, 2.75) is 38.0 Å². The Kier molecular flexibility index (Phi) is 6.40. The van der Waals surface area contributed by atoms with Crippen LogP contribution in [0.3, 0.4) is 0 Å². The highest BCUT2D eigenvalue weighted by Crippen LogP contribution is 2.30. The molecule has 1 aromatic carbocycles. The largest absolute Gasteiger partial charge is 0.459 e. The van der Waals surface area contributed by atoms with Gasteiger partial charge in [0.15, 0.2) is 0 Å². The summed E-state index contributed by atoms with van der Waals surface area (Å²) in [5.74, 6) is -0.214. The molecule has 0 unspecified atom stereocenters. The van der Waals surface area contributed by atoms with Gasteiger partial charge in [0.1, 0.15) is 6.10 Å². The van der Waals surface area contributed by atoms with Crippen LogP contribution in [0.2, 0.25) is 0 Å². The Balaban J connectivity index is 1.83. The zero-order chi connectivity index (χ0) is 18.3. The summed E-state index contributed by atoms with van der Waals surface area (Å²) in [4.78, 5) is 12.0. The molecule has 1 aliphatic rings. The van der Waals surface area contributed by atoms with Crippen molar-refractivity contribution in [1.29, 1.82) is 5.26 Å². The average Bonchev–Trinajstić information content (AvgIpc) is 2.59. The molecule has 25 heavy (non-hydrogen) atoms. The Morgan fingerprint density at radius 3 is 2.32 bits per heavy atom. The van der Waals surface area contributed by atoms with Crippen molar-refractivity contribution in [2.75, 3.05) is 0 Å². The van der Waals surface area contributed by atoms with Gasteiger partial charge in [0.05, 0.1) is 17.2 Å². The maximum absolute atomic E-state index is 12.5. The number of benzene rings is 1. The summed E-state index contributed by atoms with van der Waals surface area (Å²) in [6.45, 7) is 0. The van der Waals surface area contributed by atoms with Gasteiger partial charge >= 0.3 is 12.1 Å². The third kappa shape index (κ3) is 5.79. The fourth-order valence-corrected chi connectivity index (χ4v) is 2.73. The SMILES string of the molecule is N#CC=C/C=C/C1CCC(OC(=O)c2ccc(C(F)(F)F)cc2)CC1. The molecule has 0 heterocycles. The highest BCUT2D eigenvalue weighted by atomic mass is 19.4. The first-order valence-electron chi connectivity index (χ1n) is 8.01. The Bertz CT molecular complexity index is 676. The maximum atomic E-state index is 12.5. The molecule has 3 nitrogen and oxygen atoms in total. The highest BCUT2D eigenvalue weighted by molar-refractivity contribution is 5.89. The second-order valence-corrected chi connectivity index (χ2v) is 5.89. The summed E-state index contributed by atoms with van der Waals surface area (Å²) in [6.07, 6.45) is 5.45. The molecule has 0 amide bonds. The Morgan fingerprint density at radius 1 is 1.12 bits per heavy atom. The first-order valence-corrected chi connectivity index (χ1v) is 8.01. The Morgan fingerprint density at radius 2 is 1.76 bits per heavy atom. The first-order chi connectivity index (χ1) is 11.9. The predicted molar refractivity (Wildman–Crippen MR) is 86.5 cm³/mol. The molecule has 0 spiro atoms. The highest BCUT2D eigenvalue weighted by Gasteiger charge is 2.30. The van der Waals surface area contributed by atoms with Crippen LogP contribution in [0.5, 0.6) is 0 Å². The number of rotatable bonds is 4. The molecular formula is C19H18F3NO2. The van der Waals surface area contributed by atoms with Gasteiger partial charge in [-0.25, -0.2) is 4.79 Å². The summed E-state index contributed by atoms with van der Waals surface area (Å²) >= 11 is 0. The van der Waals surface area contributed by atoms with Crippen molar-refractivity contribution in [1.82, 2.24) is 0 Å². The fourth-order valence-electron chi connectivity index (χ4n) is 2.73. The van der Waals surface area contributed by atoms with Crippen LogP contribution in [0.4, 0.5) is 13.2 Å². The second kappa shape index (κ2) is 8.52. The van der Waals surface area contributed by atoms with E-state index in [0.29, 0.717) is 18.8 Å². The number of hydrogen-bond donors (Lipinski definition) is 0. The van der Waals surface area contributed by atoms with Crippen LogP contribution in [0, 0.1) is 17.2 Å². The third-order valence-corrected chi connectivity index (χ3v) is 4.11. The minimum atomic E-state index is -4.42. The van der Waals surface area contributed by atoms with Crippen molar-refractivity contribution in [3.05, 3.63) is 59.7 Å². The lowest BCUT2D eigenvalue weighted by molar-refractivity contribution is -0.137. The summed E-state index contributed by atoms with van der Waals surface area (Å²) in [6, 6.07) is 5.95. The van der Waals surface area contributed by atoms with Crippen LogP contribution >= 0.6 is 0 Å². The van der Waals surface area contributed by atoms with Crippen LogP contribution in [0.1, 0.15) is 41.6 Å². The lowest BCUT2D eigenvalue weighted by Crippen LogP contribution is -2.24. The smallest absolute Gasteiger partial charge is 0.416 e. The normalized spacial score (nSPS) is 21.4. The molecule has 0 bridgehead atoms. The number of esters is 1. The van der Waals surface area contributed by atoms with Gasteiger partial charge in [-0.05, 0) is 55.9 Å². The van der Waals surface area contributed by atoms with E-state index >= 15 is 0 Å². The molecular weight excluding hydrogens is 331 g/mol. The van der Waals surface area contributed by atoms with Gasteiger partial charge in [0, 0.05) is 6.08 Å². The van der Waals surface area contributed by atoms with Crippen LogP contribution < -0.4 is 0 Å². The van der Waals surface area contributed by atoms with Gasteiger partial charge in [-0.1, -0.05) is 18.2 Å². The van der Waals surface area contributed by atoms with Crippen LogP contribution in [0.25, 0.3) is 0 Å². The van der Waals surface area contributed by atoms with E-state index in [4.69, 9.17) is 10.00 Å². The molecule has 0 radical (unpaired) electrons. The van der Waals surface area contributed by atoms with E-state index in [1.165, 1.54) is 6.08 Å². The minimum Gasteiger partial charge on any atom is -0.459 e. The summed E-state index contributed by atoms with van der Waals surface area (Å²) in [5, 5.41) is 8.40. The van der Waals surface area contributed by atoms with Gasteiger partial charge in [-0.2, -0.15) is 18.4 Å². The van der Waals surface area contributed by atoms with Gasteiger partial charge < -0.3 is 4.74 Å². The zero-order valence-electron chi connectivity index (χ0n) is 13.5. The Hall–Kier alpha value is -2.55. The number of nitriles is 1. The van der Waals surface area contributed by atoms with Gasteiger partial charge in [0.2, 0.25) is 0 Å². The first kappa shape index (κ1) is 18.8. The third-order valence-electron chi connectivity index (χ3n) is 4.11. The second-order valence-electron chi connectivity index (χ2n) is 5.89. The van der Waals surface area contributed by atoms with E-state index in [0.717, 1.165) is 37.1 Å². The molecule has 0 saturated heterocycles. The van der Waals surface area contributed by atoms with Gasteiger partial charge in [-0.3, -0.25) is 0 Å². The fraction of sp³-hybridized carbons (Fsp3) is 0.368. The molecule has 1 aliphatic carbocycles. The van der Waals surface area contributed by atoms with Crippen molar-refractivity contribution < 1.29 is 22.7 Å². The topological polar surface area (TPSA) is 50.1 Å². The molecule has 2 rings (SSSR count). The minimum absolute atomic E-state index is 0.122. The van der Waals surface area contributed by atoms with Crippen LogP contribution in [0.15, 0.2) is 48.6 Å². The van der Waals surface area contributed by atoms with Gasteiger partial charge in [-0.15, -0.1) is 0 Å². The number of ether oxygens (including phenoxy) is 1. The maximum Gasteiger partial charge on any atom is 0.416 e. The molecule has 1 saturated carbocycles. The lowest BCUT2D eigenvalue weighted by atomic mass is 9.87. The molecule has 132 valence electrons. The predicted octanol–water partition coefficient (Wildman–Crippen LogP) is 5.06. The summed E-state index contributed by atoms with van der Waals surface area (Å²) < 4.78 is 43.0. The van der Waals surface area contributed by atoms with E-state index in [2.05, 4.69) is 0 Å². The van der Waals surface area contributed by atoms with Crippen molar-refractivity contribution in [3.63, 3.8) is 0 Å². The van der Waals surface area contributed by atoms with Crippen molar-refractivity contribution in [2.24, 2.45) is 5.92 Å². The molecule has 0 N–H and O–H groups in total. The number of hydrogen-bond acceptors (Lipinski definition) is 3. The summed E-state index contributed by atoms with van der Waals surface area (Å²) in [5.41, 5.74) is -0.668. The van der Waals surface area contributed by atoms with E-state index in [1.54, 1.807) is 6.08 Å². The van der Waals surface area contributed by atoms with Gasteiger partial charge in [0.25, 0.3) is 0 Å². The Labute approximate surface area is 144 Å². The molecule has 0 aliphatic heterocycles. The molecule has 0 aromatic heterocycles. The van der Waals surface area contributed by atoms with Crippen molar-refractivity contribution in [3.8, 4) is 6.07 Å². The van der Waals surface area contributed by atoms with Crippen molar-refractivity contribution >= 4 is 5.97 Å². The number of carbonyl (C=O) groups excluding carboxylic acids is 1. The molecule has 1 fully saturated rings. The quantitative estimate of drug-likeness (QED) is 0.434. The molecule has 6 heteroatoms. The standard InChI is InChI=1S/C19H18F3NO2/c20-19(21,22)16-9-7-15(8-10-16)18(24)25-17-11-5-14(6-12-17)4-2-1-3-13-23/h1-4,7-10,14,17H,5-6,11-12H2/b3-1?,4-2+. The number of alkyl halides is 3. The average molecular weight is 349 g/mol. The van der Waals surface area contributed by atoms with Crippen LogP contribution in [-0.4, -0.2) is 12.1 Å². The molecule has 1 aromatic rings. The van der Waals surface area contributed by atoms with E-state index < -0.39 is 17.7 Å². The van der Waals surface area contributed by atoms with Crippen LogP contribution in [-0.2, 0) is 10.9 Å². The monoisotopic (exact) mass is 349 g/mol. The molecule has 0 atom stereocenters. The van der Waals surface area contributed by atoms with E-state index in [1.807, 2.05) is 18.2 Å². The number of carbonyl (C=O) groups is 1. The van der Waals surface area contributed by atoms with E-state index in [9.17, 15) is 18.0 Å². The number of halogens is 3. The zero-order valence-corrected chi connectivity index (χ0v) is 13.5. The van der Waals surface area contributed by atoms with E-state index in [-0.39, 0.29) is 11.7 Å². The number of nitrogens with zero attached hydrogens (tertiary/aromatic N) is 1. The number of allylic oxidation sites excluding steroid dienone is 4. The lowest BCUT2D eigenvalue weighted by Gasteiger charge is -2.26.